The number of carboxylic acids is 1. The van der Waals surface area contributed by atoms with Crippen LogP contribution in [-0.4, -0.2) is 21.0 Å². The van der Waals surface area contributed by atoms with Gasteiger partial charge in [-0.1, -0.05) is 0 Å². The average Bonchev–Trinajstić information content (AvgIpc) is 2.95. The molecule has 0 fully saturated rings. The van der Waals surface area contributed by atoms with E-state index in [1.807, 2.05) is 0 Å². The van der Waals surface area contributed by atoms with Gasteiger partial charge in [0.15, 0.2) is 0 Å². The van der Waals surface area contributed by atoms with Crippen LogP contribution in [0.5, 0.6) is 0 Å². The predicted molar refractivity (Wildman–Crippen MR) is 65.1 cm³/mol. The highest BCUT2D eigenvalue weighted by Gasteiger charge is 2.32. The van der Waals surface area contributed by atoms with Crippen molar-refractivity contribution < 1.29 is 23.1 Å². The van der Waals surface area contributed by atoms with Gasteiger partial charge in [-0.3, -0.25) is 0 Å². The maximum Gasteiger partial charge on any atom is 0.427 e. The summed E-state index contributed by atoms with van der Waals surface area (Å²) in [4.78, 5) is 17.3. The highest BCUT2D eigenvalue weighted by molar-refractivity contribution is 7.14. The lowest BCUT2D eigenvalue weighted by molar-refractivity contribution is -0.134. The predicted octanol–water partition coefficient (Wildman–Crippen LogP) is 3.49. The zero-order valence-corrected chi connectivity index (χ0v) is 10.6. The third-order valence-electron chi connectivity index (χ3n) is 1.91. The van der Waals surface area contributed by atoms with Crippen molar-refractivity contribution in [3.63, 3.8) is 0 Å². The Morgan fingerprint density at radius 1 is 1.16 bits per heavy atom. The molecule has 2 rings (SSSR count). The van der Waals surface area contributed by atoms with Gasteiger partial charge in [0.25, 0.3) is 0 Å². The van der Waals surface area contributed by atoms with E-state index in [1.54, 1.807) is 0 Å². The fourth-order valence-electron chi connectivity index (χ4n) is 1.10. The molecule has 4 nitrogen and oxygen atoms in total. The maximum atomic E-state index is 12.3. The van der Waals surface area contributed by atoms with Crippen molar-refractivity contribution in [1.82, 2.24) is 9.97 Å². The standard InChI is InChI=1S/C10H5F3N2O2S2/c11-10(12,13)6-4-15-8(19-6)2-1-7-14-3-5(18-7)9(16)17/h1-4H,(H,16,17)/b2-1+. The van der Waals surface area contributed by atoms with Crippen molar-refractivity contribution in [3.05, 3.63) is 32.2 Å². The lowest BCUT2D eigenvalue weighted by Crippen LogP contribution is -2.00. The highest BCUT2D eigenvalue weighted by atomic mass is 32.1. The number of aromatic carboxylic acids is 1. The molecule has 2 aromatic heterocycles. The maximum absolute atomic E-state index is 12.3. The van der Waals surface area contributed by atoms with E-state index in [4.69, 9.17) is 5.11 Å². The quantitative estimate of drug-likeness (QED) is 0.943. The Balaban J connectivity index is 2.14. The summed E-state index contributed by atoms with van der Waals surface area (Å²) in [7, 11) is 0. The number of rotatable bonds is 3. The fraction of sp³-hybridized carbons (Fsp3) is 0.100. The lowest BCUT2D eigenvalue weighted by Gasteiger charge is -1.98. The van der Waals surface area contributed by atoms with E-state index in [-0.39, 0.29) is 9.88 Å². The van der Waals surface area contributed by atoms with Gasteiger partial charge in [0.2, 0.25) is 0 Å². The fourth-order valence-corrected chi connectivity index (χ4v) is 2.45. The Morgan fingerprint density at radius 3 is 2.21 bits per heavy atom. The zero-order chi connectivity index (χ0) is 14.0. The van der Waals surface area contributed by atoms with Crippen LogP contribution in [0.2, 0.25) is 0 Å². The Hall–Kier alpha value is -1.74. The van der Waals surface area contributed by atoms with Gasteiger partial charge in [0, 0.05) is 0 Å². The molecule has 0 bridgehead atoms. The molecule has 0 amide bonds. The summed E-state index contributed by atoms with van der Waals surface area (Å²) in [6, 6.07) is 0. The average molecular weight is 306 g/mol. The minimum Gasteiger partial charge on any atom is -0.477 e. The Kier molecular flexibility index (Phi) is 3.67. The second-order valence-electron chi connectivity index (χ2n) is 3.26. The van der Waals surface area contributed by atoms with Crippen molar-refractivity contribution in [2.75, 3.05) is 0 Å². The molecule has 100 valence electrons. The van der Waals surface area contributed by atoms with E-state index >= 15 is 0 Å². The summed E-state index contributed by atoms with van der Waals surface area (Å²) < 4.78 is 37.0. The number of halogens is 3. The molecule has 9 heteroatoms. The number of hydrogen-bond acceptors (Lipinski definition) is 5. The van der Waals surface area contributed by atoms with Crippen molar-refractivity contribution in [3.8, 4) is 0 Å². The van der Waals surface area contributed by atoms with Crippen LogP contribution in [0.3, 0.4) is 0 Å². The molecule has 0 aliphatic rings. The first-order valence-corrected chi connectivity index (χ1v) is 6.40. The van der Waals surface area contributed by atoms with Gasteiger partial charge in [-0.05, 0) is 12.2 Å². The van der Waals surface area contributed by atoms with Gasteiger partial charge in [-0.2, -0.15) is 13.2 Å². The second kappa shape index (κ2) is 5.10. The summed E-state index contributed by atoms with van der Waals surface area (Å²) in [5, 5.41) is 9.26. The molecule has 0 unspecified atom stereocenters. The van der Waals surface area contributed by atoms with Gasteiger partial charge >= 0.3 is 12.1 Å². The lowest BCUT2D eigenvalue weighted by atomic mass is 10.5. The topological polar surface area (TPSA) is 63.1 Å². The monoisotopic (exact) mass is 306 g/mol. The normalized spacial score (nSPS) is 12.2. The molecule has 0 radical (unpaired) electrons. The largest absolute Gasteiger partial charge is 0.477 e. The highest BCUT2D eigenvalue weighted by Crippen LogP contribution is 2.33. The first-order valence-electron chi connectivity index (χ1n) is 4.76. The third-order valence-corrected chi connectivity index (χ3v) is 3.86. The number of carboxylic acid groups (broad SMARTS) is 1. The number of carbonyl (C=O) groups is 1. The van der Waals surface area contributed by atoms with Crippen molar-refractivity contribution >= 4 is 40.8 Å². The molecule has 0 saturated carbocycles. The smallest absolute Gasteiger partial charge is 0.427 e. The number of thiazole rings is 2. The molecular formula is C10H5F3N2O2S2. The first kappa shape index (κ1) is 13.7. The number of nitrogens with zero attached hydrogens (tertiary/aromatic N) is 2. The summed E-state index contributed by atoms with van der Waals surface area (Å²) >= 11 is 1.44. The van der Waals surface area contributed by atoms with E-state index < -0.39 is 17.0 Å². The second-order valence-corrected chi connectivity index (χ2v) is 5.39. The molecule has 0 saturated heterocycles. The molecular weight excluding hydrogens is 301 g/mol. The summed E-state index contributed by atoms with van der Waals surface area (Å²) in [5.74, 6) is -1.09. The van der Waals surface area contributed by atoms with E-state index in [1.165, 1.54) is 18.3 Å². The molecule has 0 aliphatic carbocycles. The Bertz CT molecular complexity index is 631. The Morgan fingerprint density at radius 2 is 1.74 bits per heavy atom. The van der Waals surface area contributed by atoms with Gasteiger partial charge in [0.1, 0.15) is 19.8 Å². The van der Waals surface area contributed by atoms with Gasteiger partial charge in [-0.15, -0.1) is 22.7 Å². The molecule has 2 heterocycles. The molecule has 19 heavy (non-hydrogen) atoms. The van der Waals surface area contributed by atoms with Gasteiger partial charge in [-0.25, -0.2) is 14.8 Å². The summed E-state index contributed by atoms with van der Waals surface area (Å²) in [6.07, 6.45) is 0.340. The molecule has 2 aromatic rings. The number of aromatic nitrogens is 2. The zero-order valence-electron chi connectivity index (χ0n) is 9.01. The molecule has 0 aliphatic heterocycles. The van der Waals surface area contributed by atoms with Crippen molar-refractivity contribution in [2.24, 2.45) is 0 Å². The van der Waals surface area contributed by atoms with E-state index in [0.29, 0.717) is 16.3 Å². The van der Waals surface area contributed by atoms with Crippen LogP contribution in [0.15, 0.2) is 12.4 Å². The molecule has 0 aromatic carbocycles. The summed E-state index contributed by atoms with van der Waals surface area (Å²) in [6.45, 7) is 0. The van der Waals surface area contributed by atoms with Crippen molar-refractivity contribution in [2.45, 2.75) is 6.18 Å². The molecule has 0 spiro atoms. The van der Waals surface area contributed by atoms with E-state index in [0.717, 1.165) is 17.5 Å². The van der Waals surface area contributed by atoms with Crippen LogP contribution >= 0.6 is 22.7 Å². The summed E-state index contributed by atoms with van der Waals surface area (Å²) in [5.41, 5.74) is 0. The third kappa shape index (κ3) is 3.38. The van der Waals surface area contributed by atoms with Crippen LogP contribution in [0.25, 0.3) is 12.2 Å². The van der Waals surface area contributed by atoms with Gasteiger partial charge < -0.3 is 5.11 Å². The minimum atomic E-state index is -4.40. The van der Waals surface area contributed by atoms with Crippen LogP contribution in [0.1, 0.15) is 24.6 Å². The van der Waals surface area contributed by atoms with Crippen LogP contribution in [0.4, 0.5) is 13.2 Å². The Labute approximate surface area is 112 Å². The van der Waals surface area contributed by atoms with Crippen LogP contribution < -0.4 is 0 Å². The van der Waals surface area contributed by atoms with Crippen LogP contribution in [-0.2, 0) is 6.18 Å². The van der Waals surface area contributed by atoms with Crippen LogP contribution in [0, 0.1) is 0 Å². The SMILES string of the molecule is O=C(O)c1cnc(/C=C/c2ncc(C(F)(F)F)s2)s1. The number of alkyl halides is 3. The molecule has 0 atom stereocenters. The molecule has 1 N–H and O–H groups in total. The van der Waals surface area contributed by atoms with Gasteiger partial charge in [0.05, 0.1) is 12.4 Å². The van der Waals surface area contributed by atoms with Crippen molar-refractivity contribution in [1.29, 1.82) is 0 Å². The minimum absolute atomic E-state index is 0.0646. The van der Waals surface area contributed by atoms with E-state index in [2.05, 4.69) is 9.97 Å². The van der Waals surface area contributed by atoms with E-state index in [9.17, 15) is 18.0 Å². The first-order chi connectivity index (χ1) is 8.86. The number of hydrogen-bond donors (Lipinski definition) is 1.